The molecule has 2 aliphatic heterocycles. The predicted molar refractivity (Wildman–Crippen MR) is 145 cm³/mol. The third-order valence-corrected chi connectivity index (χ3v) is 8.39. The summed E-state index contributed by atoms with van der Waals surface area (Å²) in [6.07, 6.45) is 2.76. The van der Waals surface area contributed by atoms with E-state index in [9.17, 15) is 18.0 Å². The second kappa shape index (κ2) is 11.3. The van der Waals surface area contributed by atoms with Gasteiger partial charge in [-0.1, -0.05) is 31.4 Å². The number of carbonyl (C=O) groups excluding carboxylic acids is 1. The van der Waals surface area contributed by atoms with Gasteiger partial charge in [0.1, 0.15) is 0 Å². The van der Waals surface area contributed by atoms with Crippen LogP contribution in [0, 0.1) is 11.8 Å². The molecule has 220 valence electrons. The number of hydrogen-bond donors (Lipinski definition) is 2. The topological polar surface area (TPSA) is 106 Å². The molecule has 2 unspecified atom stereocenters. The van der Waals surface area contributed by atoms with Crippen LogP contribution in [0.1, 0.15) is 57.3 Å². The Hall–Kier alpha value is -3.16. The Bertz CT molecular complexity index is 1430. The summed E-state index contributed by atoms with van der Waals surface area (Å²) in [4.78, 5) is 32.7. The van der Waals surface area contributed by atoms with Gasteiger partial charge in [-0.05, 0) is 49.7 Å². The van der Waals surface area contributed by atoms with Crippen molar-refractivity contribution in [3.8, 4) is 11.3 Å². The number of rotatable bonds is 7. The van der Waals surface area contributed by atoms with E-state index in [0.717, 1.165) is 37.6 Å². The third-order valence-electron chi connectivity index (χ3n) is 8.18. The highest BCUT2D eigenvalue weighted by molar-refractivity contribution is 6.30. The van der Waals surface area contributed by atoms with Crippen LogP contribution in [0.25, 0.3) is 22.3 Å². The van der Waals surface area contributed by atoms with Gasteiger partial charge in [0.15, 0.2) is 6.17 Å². The van der Waals surface area contributed by atoms with Gasteiger partial charge in [0.2, 0.25) is 5.95 Å². The molecule has 2 N–H and O–H groups in total. The standard InChI is InChI=1S/C27H31ClF3N7O3/c1-15-4-6-16(7-5-15)13-38-23-20(34-25(38)37-8-2-3-19(37)14-40-27(29,30)31)10-21(24-35-26(39)41-36-24)33-22(23)17-9-18(28)12-32-11-17/h9-12,15-16,19,24,36H,2-8,13-14H2,1H3,(H,35,39). The number of carbonyl (C=O) groups is 1. The van der Waals surface area contributed by atoms with E-state index in [1.54, 1.807) is 18.3 Å². The van der Waals surface area contributed by atoms with Gasteiger partial charge in [0, 0.05) is 31.0 Å². The van der Waals surface area contributed by atoms with Crippen molar-refractivity contribution in [3.05, 3.63) is 35.2 Å². The smallest absolute Gasteiger partial charge is 0.351 e. The first-order chi connectivity index (χ1) is 19.6. The van der Waals surface area contributed by atoms with Crippen molar-refractivity contribution < 1.29 is 27.5 Å². The number of anilines is 1. The maximum Gasteiger partial charge on any atom is 0.522 e. The Morgan fingerprint density at radius 3 is 2.66 bits per heavy atom. The lowest BCUT2D eigenvalue weighted by Gasteiger charge is -2.30. The SMILES string of the molecule is CC1CCC(Cn2c(N3CCCC3COC(F)(F)F)nc3cc(C4NOC(=O)N4)nc(-c4cncc(Cl)c4)c32)CC1. The summed E-state index contributed by atoms with van der Waals surface area (Å²) in [5.41, 5.74) is 5.62. The van der Waals surface area contributed by atoms with E-state index in [4.69, 9.17) is 26.4 Å². The largest absolute Gasteiger partial charge is 0.522 e. The highest BCUT2D eigenvalue weighted by Gasteiger charge is 2.36. The third kappa shape index (κ3) is 6.07. The first-order valence-electron chi connectivity index (χ1n) is 13.9. The molecule has 0 aromatic carbocycles. The minimum Gasteiger partial charge on any atom is -0.351 e. The van der Waals surface area contributed by atoms with Crippen LogP contribution in [-0.2, 0) is 16.1 Å². The lowest BCUT2D eigenvalue weighted by Crippen LogP contribution is -2.37. The van der Waals surface area contributed by atoms with Gasteiger partial charge in [-0.25, -0.2) is 14.8 Å². The van der Waals surface area contributed by atoms with Crippen molar-refractivity contribution in [1.29, 1.82) is 0 Å². The molecule has 2 saturated heterocycles. The molecule has 6 rings (SSSR count). The van der Waals surface area contributed by atoms with Crippen LogP contribution in [-0.4, -0.2) is 51.2 Å². The fourth-order valence-corrected chi connectivity index (χ4v) is 6.28. The molecule has 41 heavy (non-hydrogen) atoms. The molecular formula is C27H31ClF3N7O3. The minimum absolute atomic E-state index is 0.379. The van der Waals surface area contributed by atoms with Crippen LogP contribution in [0.3, 0.4) is 0 Å². The fourth-order valence-electron chi connectivity index (χ4n) is 6.10. The van der Waals surface area contributed by atoms with Crippen LogP contribution in [0.2, 0.25) is 5.02 Å². The van der Waals surface area contributed by atoms with Gasteiger partial charge >= 0.3 is 12.5 Å². The minimum atomic E-state index is -4.71. The molecule has 14 heteroatoms. The number of alkyl halides is 3. The lowest BCUT2D eigenvalue weighted by molar-refractivity contribution is -0.325. The lowest BCUT2D eigenvalue weighted by atomic mass is 9.83. The Labute approximate surface area is 239 Å². The zero-order valence-electron chi connectivity index (χ0n) is 22.5. The van der Waals surface area contributed by atoms with Crippen molar-refractivity contribution >= 4 is 34.7 Å². The molecule has 0 spiro atoms. The van der Waals surface area contributed by atoms with E-state index in [2.05, 4.69) is 32.0 Å². The zero-order chi connectivity index (χ0) is 28.7. The normalized spacial score (nSPS) is 25.1. The summed E-state index contributed by atoms with van der Waals surface area (Å²) >= 11 is 6.32. The van der Waals surface area contributed by atoms with Gasteiger partial charge in [-0.3, -0.25) is 15.0 Å². The second-order valence-electron chi connectivity index (χ2n) is 11.1. The molecule has 1 saturated carbocycles. The number of nitrogens with one attached hydrogen (secondary N) is 2. The van der Waals surface area contributed by atoms with Gasteiger partial charge < -0.3 is 14.3 Å². The molecule has 1 amide bonds. The number of halogens is 4. The number of imidazole rings is 1. The molecule has 3 aromatic rings. The number of ether oxygens (including phenoxy) is 1. The van der Waals surface area contributed by atoms with Gasteiger partial charge in [0.25, 0.3) is 0 Å². The van der Waals surface area contributed by atoms with E-state index in [1.165, 1.54) is 6.20 Å². The summed E-state index contributed by atoms with van der Waals surface area (Å²) in [6.45, 7) is 2.99. The summed E-state index contributed by atoms with van der Waals surface area (Å²) in [7, 11) is 0. The Balaban J connectivity index is 1.50. The number of hydroxylamine groups is 1. The quantitative estimate of drug-likeness (QED) is 0.358. The van der Waals surface area contributed by atoms with Gasteiger partial charge in [-0.2, -0.15) is 0 Å². The van der Waals surface area contributed by atoms with Crippen LogP contribution in [0.5, 0.6) is 0 Å². The van der Waals surface area contributed by atoms with E-state index in [1.807, 2.05) is 4.90 Å². The molecule has 3 aliphatic rings. The fraction of sp³-hybridized carbons (Fsp3) is 0.556. The van der Waals surface area contributed by atoms with Gasteiger partial charge in [-0.15, -0.1) is 18.7 Å². The van der Waals surface area contributed by atoms with Crippen molar-refractivity contribution in [1.82, 2.24) is 30.3 Å². The number of hydrogen-bond acceptors (Lipinski definition) is 8. The van der Waals surface area contributed by atoms with Crippen LogP contribution < -0.4 is 15.7 Å². The average Bonchev–Trinajstić information content (AvgIpc) is 3.66. The number of pyridine rings is 2. The summed E-state index contributed by atoms with van der Waals surface area (Å²) < 4.78 is 45.3. The second-order valence-corrected chi connectivity index (χ2v) is 11.6. The van der Waals surface area contributed by atoms with E-state index in [0.29, 0.717) is 64.8 Å². The van der Waals surface area contributed by atoms with E-state index < -0.39 is 31.3 Å². The van der Waals surface area contributed by atoms with Crippen molar-refractivity contribution in [3.63, 3.8) is 0 Å². The number of nitrogens with zero attached hydrogens (tertiary/aromatic N) is 5. The predicted octanol–water partition coefficient (Wildman–Crippen LogP) is 5.72. The number of aromatic nitrogens is 4. The van der Waals surface area contributed by atoms with Crippen molar-refractivity contribution in [2.75, 3.05) is 18.1 Å². The monoisotopic (exact) mass is 593 g/mol. The van der Waals surface area contributed by atoms with E-state index in [-0.39, 0.29) is 0 Å². The summed E-state index contributed by atoms with van der Waals surface area (Å²) in [5.74, 6) is 1.63. The average molecular weight is 594 g/mol. The maximum absolute atomic E-state index is 13.0. The molecule has 0 radical (unpaired) electrons. The Morgan fingerprint density at radius 1 is 1.15 bits per heavy atom. The number of fused-ring (bicyclic) bond motifs is 1. The van der Waals surface area contributed by atoms with Gasteiger partial charge in [0.05, 0.1) is 40.1 Å². The Kier molecular flexibility index (Phi) is 7.68. The molecular weight excluding hydrogens is 563 g/mol. The molecule has 2 atom stereocenters. The first-order valence-corrected chi connectivity index (χ1v) is 14.2. The molecule has 3 aromatic heterocycles. The molecule has 5 heterocycles. The van der Waals surface area contributed by atoms with Crippen molar-refractivity contribution in [2.24, 2.45) is 11.8 Å². The summed E-state index contributed by atoms with van der Waals surface area (Å²) in [5, 5.41) is 3.09. The highest BCUT2D eigenvalue weighted by Crippen LogP contribution is 2.38. The molecule has 3 fully saturated rings. The van der Waals surface area contributed by atoms with Crippen LogP contribution in [0.15, 0.2) is 24.5 Å². The Morgan fingerprint density at radius 2 is 1.95 bits per heavy atom. The number of amides is 1. The van der Waals surface area contributed by atoms with Crippen LogP contribution in [0.4, 0.5) is 23.9 Å². The zero-order valence-corrected chi connectivity index (χ0v) is 23.2. The molecule has 10 nitrogen and oxygen atoms in total. The van der Waals surface area contributed by atoms with Crippen LogP contribution >= 0.6 is 11.6 Å². The highest BCUT2D eigenvalue weighted by atomic mass is 35.5. The molecule has 0 bridgehead atoms. The first kappa shape index (κ1) is 28.0. The van der Waals surface area contributed by atoms with Crippen molar-refractivity contribution in [2.45, 2.75) is 70.6 Å². The molecule has 1 aliphatic carbocycles. The van der Waals surface area contributed by atoms with E-state index >= 15 is 0 Å². The summed E-state index contributed by atoms with van der Waals surface area (Å²) in [6, 6.07) is 3.04. The maximum atomic E-state index is 13.0.